The lowest BCUT2D eigenvalue weighted by atomic mass is 9.63. The molecule has 0 aromatic carbocycles. The van der Waals surface area contributed by atoms with Crippen LogP contribution in [0.1, 0.15) is 19.3 Å². The molecule has 1 saturated heterocycles. The highest BCUT2D eigenvalue weighted by atomic mass is 16.5. The molecule has 2 heteroatoms. The van der Waals surface area contributed by atoms with Crippen molar-refractivity contribution >= 4 is 0 Å². The predicted octanol–water partition coefficient (Wildman–Crippen LogP) is 0.778. The maximum atomic E-state index is 5.58. The molecular weight excluding hydrogens is 150 g/mol. The molecule has 1 aliphatic carbocycles. The lowest BCUT2D eigenvalue weighted by Crippen LogP contribution is -2.62. The van der Waals surface area contributed by atoms with Gasteiger partial charge in [0.05, 0.1) is 12.7 Å². The molecule has 0 amide bonds. The van der Waals surface area contributed by atoms with Gasteiger partial charge >= 0.3 is 0 Å². The molecule has 0 unspecified atom stereocenters. The lowest BCUT2D eigenvalue weighted by molar-refractivity contribution is -0.101. The van der Waals surface area contributed by atoms with E-state index in [2.05, 4.69) is 11.2 Å². The molecule has 1 aliphatic heterocycles. The van der Waals surface area contributed by atoms with Gasteiger partial charge in [0, 0.05) is 24.9 Å². The van der Waals surface area contributed by atoms with Crippen LogP contribution in [0.25, 0.3) is 0 Å². The molecule has 1 saturated carbocycles. The van der Waals surface area contributed by atoms with Crippen molar-refractivity contribution in [3.05, 3.63) is 0 Å². The molecule has 1 N–H and O–H groups in total. The zero-order valence-electron chi connectivity index (χ0n) is 7.31. The Kier molecular flexibility index (Phi) is 2.08. The van der Waals surface area contributed by atoms with Crippen LogP contribution in [0.15, 0.2) is 0 Å². The van der Waals surface area contributed by atoms with E-state index in [1.807, 2.05) is 0 Å². The molecule has 1 heterocycles. The second kappa shape index (κ2) is 3.08. The fraction of sp³-hybridized carbons (Fsp3) is 0.800. The van der Waals surface area contributed by atoms with E-state index in [0.717, 1.165) is 13.0 Å². The predicted molar refractivity (Wildman–Crippen MR) is 47.7 cm³/mol. The van der Waals surface area contributed by atoms with Crippen molar-refractivity contribution in [1.82, 2.24) is 5.32 Å². The maximum absolute atomic E-state index is 5.58. The van der Waals surface area contributed by atoms with Crippen molar-refractivity contribution < 1.29 is 4.74 Å². The zero-order valence-corrected chi connectivity index (χ0v) is 7.31. The van der Waals surface area contributed by atoms with E-state index < -0.39 is 0 Å². The second-order valence-corrected chi connectivity index (χ2v) is 3.96. The van der Waals surface area contributed by atoms with Crippen LogP contribution < -0.4 is 5.32 Å². The summed E-state index contributed by atoms with van der Waals surface area (Å²) in [4.78, 5) is 0. The van der Waals surface area contributed by atoms with Gasteiger partial charge in [0.2, 0.25) is 0 Å². The van der Waals surface area contributed by atoms with E-state index in [0.29, 0.717) is 11.5 Å². The monoisotopic (exact) mass is 165 g/mol. The average Bonchev–Trinajstić information content (AvgIpc) is 1.90. The average molecular weight is 165 g/mol. The van der Waals surface area contributed by atoms with Crippen LogP contribution in [-0.4, -0.2) is 25.8 Å². The third kappa shape index (κ3) is 1.35. The minimum absolute atomic E-state index is 0.500. The van der Waals surface area contributed by atoms with Crippen molar-refractivity contribution in [2.45, 2.75) is 25.4 Å². The highest BCUT2D eigenvalue weighted by Gasteiger charge is 2.48. The number of hydrogen-bond acceptors (Lipinski definition) is 2. The molecule has 0 aromatic rings. The Morgan fingerprint density at radius 2 is 2.25 bits per heavy atom. The Bertz CT molecular complexity index is 194. The number of nitrogens with one attached hydrogen (secondary N) is 1. The largest absolute Gasteiger partial charge is 0.377 e. The summed E-state index contributed by atoms with van der Waals surface area (Å²) in [5, 5.41) is 3.30. The highest BCUT2D eigenvalue weighted by Crippen LogP contribution is 2.45. The zero-order chi connectivity index (χ0) is 8.44. The molecule has 12 heavy (non-hydrogen) atoms. The minimum atomic E-state index is 0.500. The van der Waals surface area contributed by atoms with Crippen molar-refractivity contribution in [1.29, 1.82) is 0 Å². The Balaban J connectivity index is 1.59. The topological polar surface area (TPSA) is 21.3 Å². The van der Waals surface area contributed by atoms with Crippen molar-refractivity contribution in [3.8, 4) is 12.3 Å². The number of terminal acetylenes is 1. The van der Waals surface area contributed by atoms with Crippen molar-refractivity contribution in [2.75, 3.05) is 19.7 Å². The molecule has 2 fully saturated rings. The SMILES string of the molecule is C#CCCOC1CC2(CNC2)C1. The van der Waals surface area contributed by atoms with Crippen molar-refractivity contribution in [2.24, 2.45) is 5.41 Å². The fourth-order valence-electron chi connectivity index (χ4n) is 2.08. The van der Waals surface area contributed by atoms with E-state index in [-0.39, 0.29) is 0 Å². The minimum Gasteiger partial charge on any atom is -0.377 e. The van der Waals surface area contributed by atoms with E-state index in [1.165, 1.54) is 25.9 Å². The van der Waals surface area contributed by atoms with Crippen LogP contribution >= 0.6 is 0 Å². The Labute approximate surface area is 73.7 Å². The van der Waals surface area contributed by atoms with E-state index in [9.17, 15) is 0 Å². The Morgan fingerprint density at radius 3 is 2.75 bits per heavy atom. The van der Waals surface area contributed by atoms with Gasteiger partial charge in [-0.25, -0.2) is 0 Å². The maximum Gasteiger partial charge on any atom is 0.0588 e. The summed E-state index contributed by atoms with van der Waals surface area (Å²) in [6.45, 7) is 3.13. The van der Waals surface area contributed by atoms with E-state index in [4.69, 9.17) is 11.2 Å². The molecule has 0 radical (unpaired) electrons. The standard InChI is InChI=1S/C10H15NO/c1-2-3-4-12-9-5-10(6-9)7-11-8-10/h1,9,11H,3-8H2. The van der Waals surface area contributed by atoms with E-state index >= 15 is 0 Å². The Morgan fingerprint density at radius 1 is 1.50 bits per heavy atom. The summed E-state index contributed by atoms with van der Waals surface area (Å²) in [7, 11) is 0. The van der Waals surface area contributed by atoms with Crippen LogP contribution in [0.3, 0.4) is 0 Å². The molecule has 2 rings (SSSR count). The molecular formula is C10H15NO. The van der Waals surface area contributed by atoms with Crippen LogP contribution in [-0.2, 0) is 4.74 Å². The van der Waals surface area contributed by atoms with Crippen LogP contribution in [0, 0.1) is 17.8 Å². The van der Waals surface area contributed by atoms with Gasteiger partial charge in [-0.2, -0.15) is 0 Å². The summed E-state index contributed by atoms with van der Waals surface area (Å²) in [5.74, 6) is 2.58. The Hall–Kier alpha value is -0.520. The summed E-state index contributed by atoms with van der Waals surface area (Å²) in [6.07, 6.45) is 8.86. The molecule has 0 bridgehead atoms. The summed E-state index contributed by atoms with van der Waals surface area (Å²) in [6, 6.07) is 0. The number of rotatable bonds is 3. The third-order valence-corrected chi connectivity index (χ3v) is 2.92. The first-order valence-corrected chi connectivity index (χ1v) is 4.60. The second-order valence-electron chi connectivity index (χ2n) is 3.96. The molecule has 2 aliphatic rings. The normalized spacial score (nSPS) is 25.9. The smallest absolute Gasteiger partial charge is 0.0588 e. The first-order valence-electron chi connectivity index (χ1n) is 4.60. The molecule has 0 aromatic heterocycles. The quantitative estimate of drug-likeness (QED) is 0.493. The lowest BCUT2D eigenvalue weighted by Gasteiger charge is -2.53. The van der Waals surface area contributed by atoms with Gasteiger partial charge in [0.15, 0.2) is 0 Å². The van der Waals surface area contributed by atoms with Gasteiger partial charge < -0.3 is 10.1 Å². The van der Waals surface area contributed by atoms with Crippen LogP contribution in [0.4, 0.5) is 0 Å². The van der Waals surface area contributed by atoms with E-state index in [1.54, 1.807) is 0 Å². The van der Waals surface area contributed by atoms with Gasteiger partial charge in [-0.05, 0) is 12.8 Å². The fourth-order valence-corrected chi connectivity index (χ4v) is 2.08. The third-order valence-electron chi connectivity index (χ3n) is 2.92. The van der Waals surface area contributed by atoms with Crippen LogP contribution in [0.2, 0.25) is 0 Å². The van der Waals surface area contributed by atoms with Crippen LogP contribution in [0.5, 0.6) is 0 Å². The number of hydrogen-bond donors (Lipinski definition) is 1. The van der Waals surface area contributed by atoms with Gasteiger partial charge in [0.25, 0.3) is 0 Å². The summed E-state index contributed by atoms with van der Waals surface area (Å²) in [5.41, 5.74) is 0.626. The van der Waals surface area contributed by atoms with Gasteiger partial charge in [-0.3, -0.25) is 0 Å². The van der Waals surface area contributed by atoms with Gasteiger partial charge in [-0.1, -0.05) is 0 Å². The first kappa shape index (κ1) is 8.10. The van der Waals surface area contributed by atoms with Crippen molar-refractivity contribution in [3.63, 3.8) is 0 Å². The summed E-state index contributed by atoms with van der Waals surface area (Å²) < 4.78 is 5.58. The van der Waals surface area contributed by atoms with Gasteiger partial charge in [0.1, 0.15) is 0 Å². The summed E-state index contributed by atoms with van der Waals surface area (Å²) >= 11 is 0. The highest BCUT2D eigenvalue weighted by molar-refractivity contribution is 5.03. The van der Waals surface area contributed by atoms with Gasteiger partial charge in [-0.15, -0.1) is 12.3 Å². The molecule has 66 valence electrons. The first-order chi connectivity index (χ1) is 5.85. The number of ether oxygens (including phenoxy) is 1. The molecule has 0 atom stereocenters. The molecule has 2 nitrogen and oxygen atoms in total. The molecule has 1 spiro atoms.